The second kappa shape index (κ2) is 9.00. The molecule has 0 unspecified atom stereocenters. The van der Waals surface area contributed by atoms with Gasteiger partial charge in [0.2, 0.25) is 5.82 Å². The van der Waals surface area contributed by atoms with Gasteiger partial charge in [0.1, 0.15) is 11.6 Å². The van der Waals surface area contributed by atoms with Gasteiger partial charge < -0.3 is 14.7 Å². The van der Waals surface area contributed by atoms with Gasteiger partial charge in [-0.3, -0.25) is 0 Å². The summed E-state index contributed by atoms with van der Waals surface area (Å²) in [7, 11) is 0. The summed E-state index contributed by atoms with van der Waals surface area (Å²) < 4.78 is 44.8. The number of hydrogen-bond acceptors (Lipinski definition) is 8. The Bertz CT molecular complexity index is 1520. The lowest BCUT2D eigenvalue weighted by atomic mass is 10.1. The molecule has 36 heavy (non-hydrogen) atoms. The second-order valence-corrected chi connectivity index (χ2v) is 8.22. The third-order valence-electron chi connectivity index (χ3n) is 5.77. The van der Waals surface area contributed by atoms with Crippen molar-refractivity contribution in [2.24, 2.45) is 0 Å². The molecule has 0 radical (unpaired) electrons. The summed E-state index contributed by atoms with van der Waals surface area (Å²) in [6.45, 7) is 1.83. The first-order chi connectivity index (χ1) is 17.5. The van der Waals surface area contributed by atoms with E-state index < -0.39 is 18.1 Å². The Morgan fingerprint density at radius 1 is 1.06 bits per heavy atom. The van der Waals surface area contributed by atoms with Crippen LogP contribution in [0, 0.1) is 5.82 Å². The molecule has 2 aromatic carbocycles. The Labute approximate surface area is 201 Å². The number of nitrogens with zero attached hydrogens (tertiary/aromatic N) is 7. The molecular weight excluding hydrogens is 475 g/mol. The SMILES string of the molecule is Fc1cc(Cn2nnc(-c3cccc(-c4nc5c([nH]4)CNCC5)c3)n2)ccc1-c1nnc(C(F)F)o1. The minimum Gasteiger partial charge on any atom is -0.415 e. The normalized spacial score (nSPS) is 13.3. The minimum atomic E-state index is -2.93. The number of nitrogens with one attached hydrogen (secondary N) is 2. The van der Waals surface area contributed by atoms with E-state index in [1.54, 1.807) is 6.07 Å². The first-order valence-corrected chi connectivity index (χ1v) is 11.1. The van der Waals surface area contributed by atoms with Gasteiger partial charge in [0.05, 0.1) is 23.5 Å². The topological polar surface area (TPSA) is 123 Å². The van der Waals surface area contributed by atoms with E-state index in [4.69, 9.17) is 9.40 Å². The quantitative estimate of drug-likeness (QED) is 0.368. The van der Waals surface area contributed by atoms with Crippen LogP contribution in [0.2, 0.25) is 0 Å². The molecule has 0 atom stereocenters. The van der Waals surface area contributed by atoms with Crippen LogP contribution in [0.15, 0.2) is 46.9 Å². The number of aromatic amines is 1. The lowest BCUT2D eigenvalue weighted by Gasteiger charge is -2.09. The van der Waals surface area contributed by atoms with Gasteiger partial charge in [-0.2, -0.15) is 13.6 Å². The molecule has 0 saturated carbocycles. The van der Waals surface area contributed by atoms with Gasteiger partial charge >= 0.3 is 6.43 Å². The van der Waals surface area contributed by atoms with E-state index in [9.17, 15) is 13.2 Å². The van der Waals surface area contributed by atoms with Gasteiger partial charge in [0, 0.05) is 30.6 Å². The van der Waals surface area contributed by atoms with Crippen molar-refractivity contribution in [1.82, 2.24) is 45.7 Å². The van der Waals surface area contributed by atoms with Crippen LogP contribution in [0.25, 0.3) is 34.2 Å². The van der Waals surface area contributed by atoms with Gasteiger partial charge in [-0.15, -0.1) is 20.4 Å². The number of hydrogen-bond donors (Lipinski definition) is 2. The molecule has 0 saturated heterocycles. The van der Waals surface area contributed by atoms with Crippen LogP contribution < -0.4 is 5.32 Å². The number of imidazole rings is 1. The average molecular weight is 493 g/mol. The van der Waals surface area contributed by atoms with Crippen molar-refractivity contribution in [2.75, 3.05) is 6.54 Å². The van der Waals surface area contributed by atoms with Gasteiger partial charge in [0.25, 0.3) is 11.8 Å². The van der Waals surface area contributed by atoms with Crippen LogP contribution in [-0.2, 0) is 19.5 Å². The van der Waals surface area contributed by atoms with Crippen LogP contribution >= 0.6 is 0 Å². The van der Waals surface area contributed by atoms with E-state index in [0.29, 0.717) is 11.4 Å². The number of tetrazole rings is 1. The van der Waals surface area contributed by atoms with Crippen LogP contribution in [0.4, 0.5) is 13.2 Å². The van der Waals surface area contributed by atoms with E-state index in [2.05, 4.69) is 35.9 Å². The maximum absolute atomic E-state index is 14.6. The van der Waals surface area contributed by atoms with Crippen LogP contribution in [-0.4, -0.2) is 46.9 Å². The van der Waals surface area contributed by atoms with Crippen molar-refractivity contribution < 1.29 is 17.6 Å². The number of fused-ring (bicyclic) bond motifs is 1. The fourth-order valence-corrected chi connectivity index (χ4v) is 4.01. The van der Waals surface area contributed by atoms with Gasteiger partial charge in [0.15, 0.2) is 0 Å². The van der Waals surface area contributed by atoms with Crippen LogP contribution in [0.1, 0.15) is 29.3 Å². The Kier molecular flexibility index (Phi) is 5.52. The second-order valence-electron chi connectivity index (χ2n) is 8.22. The fraction of sp³-hybridized carbons (Fsp3) is 0.217. The third-order valence-corrected chi connectivity index (χ3v) is 5.77. The Morgan fingerprint density at radius 3 is 2.75 bits per heavy atom. The molecule has 0 fully saturated rings. The summed E-state index contributed by atoms with van der Waals surface area (Å²) in [5.41, 5.74) is 4.31. The van der Waals surface area contributed by atoms with Crippen molar-refractivity contribution in [2.45, 2.75) is 25.9 Å². The number of benzene rings is 2. The Balaban J connectivity index is 1.20. The van der Waals surface area contributed by atoms with Crippen molar-refractivity contribution >= 4 is 0 Å². The highest BCUT2D eigenvalue weighted by molar-refractivity contribution is 5.66. The maximum Gasteiger partial charge on any atom is 0.314 e. The first-order valence-electron chi connectivity index (χ1n) is 11.1. The zero-order valence-corrected chi connectivity index (χ0v) is 18.6. The fourth-order valence-electron chi connectivity index (χ4n) is 4.01. The molecule has 13 heteroatoms. The lowest BCUT2D eigenvalue weighted by molar-refractivity contribution is 0.116. The van der Waals surface area contributed by atoms with Crippen molar-refractivity contribution in [3.63, 3.8) is 0 Å². The molecule has 0 aliphatic carbocycles. The molecule has 5 aromatic rings. The number of H-pyrrole nitrogens is 1. The smallest absolute Gasteiger partial charge is 0.314 e. The van der Waals surface area contributed by atoms with Crippen LogP contribution in [0.3, 0.4) is 0 Å². The van der Waals surface area contributed by atoms with E-state index in [1.807, 2.05) is 24.3 Å². The summed E-state index contributed by atoms with van der Waals surface area (Å²) in [4.78, 5) is 9.43. The predicted octanol–water partition coefficient (Wildman–Crippen LogP) is 3.55. The van der Waals surface area contributed by atoms with Gasteiger partial charge in [-0.25, -0.2) is 9.37 Å². The largest absolute Gasteiger partial charge is 0.415 e. The van der Waals surface area contributed by atoms with E-state index in [0.717, 1.165) is 47.8 Å². The zero-order valence-electron chi connectivity index (χ0n) is 18.6. The molecule has 0 spiro atoms. The first kappa shape index (κ1) is 22.1. The standard InChI is InChI=1S/C23H18F3N9O/c24-16-8-12(4-5-15(16)22-31-32-23(36-22)19(25)26)11-35-33-21(30-34-35)14-3-1-2-13(9-14)20-28-17-6-7-27-10-18(17)29-20/h1-5,8-9,19,27H,6-7,10-11H2,(H,28,29). The molecule has 0 bridgehead atoms. The molecule has 10 nitrogen and oxygen atoms in total. The molecule has 4 heterocycles. The van der Waals surface area contributed by atoms with E-state index >= 15 is 0 Å². The van der Waals surface area contributed by atoms with Crippen molar-refractivity contribution in [1.29, 1.82) is 0 Å². The Hall–Kier alpha value is -4.39. The van der Waals surface area contributed by atoms with Crippen molar-refractivity contribution in [3.8, 4) is 34.2 Å². The number of halogens is 3. The average Bonchev–Trinajstić information content (AvgIpc) is 3.64. The molecular formula is C23H18F3N9O. The molecule has 2 N–H and O–H groups in total. The monoisotopic (exact) mass is 493 g/mol. The highest BCUT2D eigenvalue weighted by Crippen LogP contribution is 2.27. The predicted molar refractivity (Wildman–Crippen MR) is 120 cm³/mol. The summed E-state index contributed by atoms with van der Waals surface area (Å²) in [5.74, 6) is -0.668. The van der Waals surface area contributed by atoms with Crippen molar-refractivity contribution in [3.05, 3.63) is 71.1 Å². The highest BCUT2D eigenvalue weighted by Gasteiger charge is 2.20. The summed E-state index contributed by atoms with van der Waals surface area (Å²) in [5, 5.41) is 22.6. The maximum atomic E-state index is 14.6. The number of rotatable bonds is 6. The summed E-state index contributed by atoms with van der Waals surface area (Å²) in [6.07, 6.45) is -2.04. The van der Waals surface area contributed by atoms with Gasteiger partial charge in [-0.1, -0.05) is 24.3 Å². The molecule has 6 rings (SSSR count). The van der Waals surface area contributed by atoms with Crippen LogP contribution in [0.5, 0.6) is 0 Å². The molecule has 182 valence electrons. The summed E-state index contributed by atoms with van der Waals surface area (Å²) in [6, 6.07) is 11.9. The Morgan fingerprint density at radius 2 is 1.94 bits per heavy atom. The van der Waals surface area contributed by atoms with Gasteiger partial charge in [-0.05, 0) is 29.0 Å². The lowest BCUT2D eigenvalue weighted by Crippen LogP contribution is -2.23. The molecule has 1 aliphatic heterocycles. The minimum absolute atomic E-state index is 0.0717. The van der Waals surface area contributed by atoms with E-state index in [1.165, 1.54) is 16.9 Å². The number of aromatic nitrogens is 8. The summed E-state index contributed by atoms with van der Waals surface area (Å²) >= 11 is 0. The number of alkyl halides is 2. The van der Waals surface area contributed by atoms with E-state index in [-0.39, 0.29) is 18.0 Å². The highest BCUT2D eigenvalue weighted by atomic mass is 19.3. The molecule has 0 amide bonds. The zero-order chi connectivity index (χ0) is 24.6. The molecule has 3 aromatic heterocycles. The molecule has 1 aliphatic rings. The third kappa shape index (κ3) is 4.24.